The topological polar surface area (TPSA) is 77.6 Å². The Kier molecular flexibility index (Phi) is 16.4. The summed E-state index contributed by atoms with van der Waals surface area (Å²) in [7, 11) is 0. The first-order valence-corrected chi connectivity index (χ1v) is 14.6. The van der Waals surface area contributed by atoms with Crippen LogP contribution in [0.25, 0.3) is 32.3 Å². The van der Waals surface area contributed by atoms with E-state index in [4.69, 9.17) is 5.73 Å². The van der Waals surface area contributed by atoms with Gasteiger partial charge in [-0.25, -0.2) is 4.98 Å². The molecule has 0 radical (unpaired) electrons. The molecule has 6 rings (SSSR count). The van der Waals surface area contributed by atoms with Crippen molar-refractivity contribution in [1.82, 2.24) is 20.2 Å². The lowest BCUT2D eigenvalue weighted by molar-refractivity contribution is 1.05. The van der Waals surface area contributed by atoms with E-state index in [0.717, 1.165) is 20.6 Å². The maximum atomic E-state index is 5.71. The molecule has 6 aromatic rings. The number of fused-ring (bicyclic) bond motifs is 3. The maximum Gasteiger partial charge on any atom is 0.131 e. The smallest absolute Gasteiger partial charge is 0.131 e. The minimum Gasteiger partial charge on any atom is -0.383 e. The summed E-state index contributed by atoms with van der Waals surface area (Å²) in [4.78, 5) is 8.14. The first kappa shape index (κ1) is 34.1. The number of benzene rings is 3. The zero-order valence-electron chi connectivity index (χ0n) is 25.0. The fourth-order valence-corrected chi connectivity index (χ4v) is 4.00. The van der Waals surface area contributed by atoms with Crippen molar-refractivity contribution in [3.63, 3.8) is 0 Å². The summed E-state index contributed by atoms with van der Waals surface area (Å²) in [6.07, 6.45) is 9.02. The molecule has 0 saturated carbocycles. The largest absolute Gasteiger partial charge is 0.383 e. The molecule has 0 saturated heterocycles. The number of nitrogens with two attached hydrogens (primary N) is 1. The van der Waals surface area contributed by atoms with Gasteiger partial charge in [-0.15, -0.1) is 0 Å². The second-order valence-electron chi connectivity index (χ2n) is 7.81. The fraction of sp³-hybridized carbons (Fsp3) is 0.235. The second-order valence-corrected chi connectivity index (χ2v) is 8.72. The number of hydrogen-bond donors (Lipinski definition) is 1. The van der Waals surface area contributed by atoms with Gasteiger partial charge in [0.25, 0.3) is 0 Å². The molecule has 0 spiro atoms. The van der Waals surface area contributed by atoms with Gasteiger partial charge in [0.2, 0.25) is 0 Å². The van der Waals surface area contributed by atoms with Crippen LogP contribution in [0.15, 0.2) is 102 Å². The monoisotopic (exact) mass is 599 g/mol. The van der Waals surface area contributed by atoms with Gasteiger partial charge in [0.05, 0.1) is 12.4 Å². The number of aryl methyl sites for hydroxylation is 2. The molecular weight excluding hydrogens is 558 g/mol. The SMILES string of the molecule is Brc1ccc2cnncc2c1.CC.CC.CC.Cc1cccc2c(N)nccc12.Cc1cncc2ccccc12. The van der Waals surface area contributed by atoms with E-state index in [1.54, 1.807) is 18.6 Å². The summed E-state index contributed by atoms with van der Waals surface area (Å²) >= 11 is 3.38. The van der Waals surface area contributed by atoms with E-state index < -0.39 is 0 Å². The van der Waals surface area contributed by atoms with Gasteiger partial charge in [-0.05, 0) is 53.9 Å². The highest BCUT2D eigenvalue weighted by molar-refractivity contribution is 9.10. The third-order valence-electron chi connectivity index (χ3n) is 5.43. The Bertz CT molecular complexity index is 1510. The quantitative estimate of drug-likeness (QED) is 0.188. The van der Waals surface area contributed by atoms with E-state index >= 15 is 0 Å². The number of aromatic nitrogens is 4. The highest BCUT2D eigenvalue weighted by Crippen LogP contribution is 2.21. The number of nitrogen functional groups attached to an aromatic ring is 1. The molecule has 6 heteroatoms. The average molecular weight is 601 g/mol. The van der Waals surface area contributed by atoms with Crippen LogP contribution in [0, 0.1) is 13.8 Å². The molecule has 0 aliphatic rings. The number of rotatable bonds is 0. The standard InChI is InChI=1S/C10H10N2.C10H9N.C8H5BrN2.3C2H6/c1-7-3-2-4-9-8(7)5-6-12-10(9)11;1-8-6-11-7-9-4-2-3-5-10(8)9;9-8-2-1-6-4-10-11-5-7(6)3-8;3*1-2/h2-6H,1H3,(H2,11,12);2-7H,1H3;1-5H;3*1-2H3. The Morgan fingerprint density at radius 2 is 1.23 bits per heavy atom. The Morgan fingerprint density at radius 1 is 0.575 bits per heavy atom. The van der Waals surface area contributed by atoms with Gasteiger partial charge in [0.1, 0.15) is 5.82 Å². The van der Waals surface area contributed by atoms with Gasteiger partial charge in [-0.3, -0.25) is 4.98 Å². The number of hydrogen-bond acceptors (Lipinski definition) is 5. The van der Waals surface area contributed by atoms with Crippen LogP contribution in [0.3, 0.4) is 0 Å². The first-order valence-electron chi connectivity index (χ1n) is 13.8. The highest BCUT2D eigenvalue weighted by atomic mass is 79.9. The van der Waals surface area contributed by atoms with E-state index in [-0.39, 0.29) is 0 Å². The van der Waals surface area contributed by atoms with Crippen LogP contribution in [-0.4, -0.2) is 20.2 Å². The molecule has 3 aromatic carbocycles. The Balaban J connectivity index is 0.000000274. The number of pyridine rings is 2. The minimum atomic E-state index is 0.608. The molecule has 0 bridgehead atoms. The van der Waals surface area contributed by atoms with Gasteiger partial charge < -0.3 is 5.73 Å². The van der Waals surface area contributed by atoms with Gasteiger partial charge >= 0.3 is 0 Å². The van der Waals surface area contributed by atoms with Crippen LogP contribution >= 0.6 is 15.9 Å². The molecule has 0 atom stereocenters. The lowest BCUT2D eigenvalue weighted by Crippen LogP contribution is -1.91. The van der Waals surface area contributed by atoms with Crippen molar-refractivity contribution in [1.29, 1.82) is 0 Å². The lowest BCUT2D eigenvalue weighted by Gasteiger charge is -2.02. The number of anilines is 1. The average Bonchev–Trinajstić information content (AvgIpc) is 3.02. The predicted octanol–water partition coefficient (Wildman–Crippen LogP) is 10.1. The van der Waals surface area contributed by atoms with Gasteiger partial charge in [-0.2, -0.15) is 10.2 Å². The van der Waals surface area contributed by atoms with Crippen molar-refractivity contribution in [3.8, 4) is 0 Å². The van der Waals surface area contributed by atoms with Crippen LogP contribution in [-0.2, 0) is 0 Å². The van der Waals surface area contributed by atoms with E-state index in [0.29, 0.717) is 5.82 Å². The second kappa shape index (κ2) is 19.2. The molecule has 40 heavy (non-hydrogen) atoms. The molecule has 0 aliphatic heterocycles. The van der Waals surface area contributed by atoms with Crippen LogP contribution in [0.4, 0.5) is 5.82 Å². The van der Waals surface area contributed by atoms with Crippen molar-refractivity contribution in [2.24, 2.45) is 0 Å². The van der Waals surface area contributed by atoms with Crippen molar-refractivity contribution >= 4 is 54.1 Å². The van der Waals surface area contributed by atoms with Gasteiger partial charge in [0.15, 0.2) is 0 Å². The third kappa shape index (κ3) is 10.0. The van der Waals surface area contributed by atoms with Crippen LogP contribution in [0.2, 0.25) is 0 Å². The molecule has 5 nitrogen and oxygen atoms in total. The summed E-state index contributed by atoms with van der Waals surface area (Å²) in [5.74, 6) is 0.608. The van der Waals surface area contributed by atoms with Crippen LogP contribution in [0.5, 0.6) is 0 Å². The molecule has 210 valence electrons. The van der Waals surface area contributed by atoms with Gasteiger partial charge in [-0.1, -0.05) is 106 Å². The van der Waals surface area contributed by atoms with E-state index in [1.165, 1.54) is 27.3 Å². The highest BCUT2D eigenvalue weighted by Gasteiger charge is 1.99. The van der Waals surface area contributed by atoms with Crippen molar-refractivity contribution < 1.29 is 0 Å². The lowest BCUT2D eigenvalue weighted by atomic mass is 10.1. The summed E-state index contributed by atoms with van der Waals surface area (Å²) in [6, 6.07) is 22.3. The zero-order valence-corrected chi connectivity index (χ0v) is 26.6. The summed E-state index contributed by atoms with van der Waals surface area (Å²) in [5.41, 5.74) is 8.19. The number of halogens is 1. The van der Waals surface area contributed by atoms with E-state index in [2.05, 4.69) is 74.2 Å². The van der Waals surface area contributed by atoms with Crippen molar-refractivity contribution in [2.75, 3.05) is 5.73 Å². The third-order valence-corrected chi connectivity index (χ3v) is 5.92. The van der Waals surface area contributed by atoms with E-state index in [1.807, 2.05) is 96.4 Å². The molecule has 3 heterocycles. The van der Waals surface area contributed by atoms with Crippen LogP contribution < -0.4 is 5.73 Å². The molecule has 2 N–H and O–H groups in total. The van der Waals surface area contributed by atoms with Crippen LogP contribution in [0.1, 0.15) is 52.7 Å². The van der Waals surface area contributed by atoms with Crippen molar-refractivity contribution in [3.05, 3.63) is 113 Å². The number of nitrogens with zero attached hydrogens (tertiary/aromatic N) is 4. The molecule has 3 aromatic heterocycles. The molecule has 0 fully saturated rings. The Hall–Kier alpha value is -3.90. The predicted molar refractivity (Wildman–Crippen MR) is 179 cm³/mol. The maximum absolute atomic E-state index is 5.71. The first-order chi connectivity index (χ1) is 19.5. The fourth-order valence-electron chi connectivity index (χ4n) is 3.62. The summed E-state index contributed by atoms with van der Waals surface area (Å²) < 4.78 is 1.07. The molecule has 0 aliphatic carbocycles. The molecule has 0 amide bonds. The summed E-state index contributed by atoms with van der Waals surface area (Å²) in [6.45, 7) is 16.1. The molecular formula is C34H42BrN5. The molecule has 0 unspecified atom stereocenters. The summed E-state index contributed by atoms with van der Waals surface area (Å²) in [5, 5.41) is 14.5. The van der Waals surface area contributed by atoms with E-state index in [9.17, 15) is 0 Å². The zero-order chi connectivity index (χ0) is 29.9. The Morgan fingerprint density at radius 3 is 1.90 bits per heavy atom. The van der Waals surface area contributed by atoms with Gasteiger partial charge in [0, 0.05) is 44.6 Å². The normalized spacial score (nSPS) is 9.22. The minimum absolute atomic E-state index is 0.608. The van der Waals surface area contributed by atoms with Crippen molar-refractivity contribution in [2.45, 2.75) is 55.4 Å². The Labute approximate surface area is 248 Å².